The van der Waals surface area contributed by atoms with E-state index in [1.54, 1.807) is 0 Å². The number of aryl methyl sites for hydroxylation is 2. The van der Waals surface area contributed by atoms with Gasteiger partial charge in [0, 0.05) is 25.9 Å². The third-order valence-corrected chi connectivity index (χ3v) is 4.41. The van der Waals surface area contributed by atoms with Crippen LogP contribution >= 0.6 is 0 Å². The maximum Gasteiger partial charge on any atom is 0.240 e. The van der Waals surface area contributed by atoms with Crippen molar-refractivity contribution in [2.45, 2.75) is 58.7 Å². The molecule has 0 bridgehead atoms. The van der Waals surface area contributed by atoms with Crippen LogP contribution in [-0.2, 0) is 19.5 Å². The molecule has 0 N–H and O–H groups in total. The molecule has 0 aromatic carbocycles. The van der Waals surface area contributed by atoms with E-state index in [0.717, 1.165) is 50.5 Å². The average molecular weight is 334 g/mol. The fraction of sp³-hybridized carbons (Fsp3) is 0.750. The molecule has 0 radical (unpaired) electrons. The summed E-state index contributed by atoms with van der Waals surface area (Å²) in [5.41, 5.74) is 0. The zero-order valence-corrected chi connectivity index (χ0v) is 14.7. The van der Waals surface area contributed by atoms with E-state index in [1.807, 2.05) is 6.92 Å². The van der Waals surface area contributed by atoms with Crippen LogP contribution in [0.4, 0.5) is 0 Å². The molecule has 0 saturated carbocycles. The van der Waals surface area contributed by atoms with Crippen LogP contribution in [0.15, 0.2) is 9.05 Å². The number of piperidine rings is 1. The van der Waals surface area contributed by atoms with E-state index in [2.05, 4.69) is 44.1 Å². The van der Waals surface area contributed by atoms with Gasteiger partial charge < -0.3 is 9.05 Å². The smallest absolute Gasteiger partial charge is 0.240 e. The molecule has 8 nitrogen and oxygen atoms in total. The Labute approximate surface area is 142 Å². The zero-order chi connectivity index (χ0) is 16.9. The van der Waals surface area contributed by atoms with Gasteiger partial charge in [0.05, 0.1) is 13.1 Å². The molecule has 1 fully saturated rings. The summed E-state index contributed by atoms with van der Waals surface area (Å²) in [4.78, 5) is 13.4. The van der Waals surface area contributed by atoms with Crippen LogP contribution in [0.1, 0.15) is 49.6 Å². The zero-order valence-electron chi connectivity index (χ0n) is 14.7. The van der Waals surface area contributed by atoms with Gasteiger partial charge in [-0.1, -0.05) is 17.2 Å². The molecule has 0 amide bonds. The molecule has 1 saturated heterocycles. The van der Waals surface area contributed by atoms with Gasteiger partial charge in [-0.15, -0.1) is 0 Å². The van der Waals surface area contributed by atoms with E-state index in [9.17, 15) is 0 Å². The lowest BCUT2D eigenvalue weighted by atomic mass is 10.0. The standard InChI is InChI=1S/C16H26N6O2/c1-4-6-14-18-16(24-19-14)11-21(3)13-7-5-8-22(9-13)10-15-17-12(2)23-20-15/h13H,4-11H2,1-3H3. The first-order chi connectivity index (χ1) is 11.6. The predicted octanol–water partition coefficient (Wildman–Crippen LogP) is 1.81. The van der Waals surface area contributed by atoms with Gasteiger partial charge in [-0.25, -0.2) is 0 Å². The first-order valence-electron chi connectivity index (χ1n) is 8.67. The van der Waals surface area contributed by atoms with Gasteiger partial charge >= 0.3 is 0 Å². The highest BCUT2D eigenvalue weighted by atomic mass is 16.5. The monoisotopic (exact) mass is 334 g/mol. The maximum absolute atomic E-state index is 5.36. The Morgan fingerprint density at radius 3 is 2.79 bits per heavy atom. The molecule has 2 aromatic rings. The molecule has 0 spiro atoms. The minimum Gasteiger partial charge on any atom is -0.340 e. The van der Waals surface area contributed by atoms with E-state index in [-0.39, 0.29) is 0 Å². The Balaban J connectivity index is 1.53. The summed E-state index contributed by atoms with van der Waals surface area (Å²) in [5.74, 6) is 2.89. The summed E-state index contributed by atoms with van der Waals surface area (Å²) in [6.07, 6.45) is 4.24. The summed E-state index contributed by atoms with van der Waals surface area (Å²) in [7, 11) is 2.12. The average Bonchev–Trinajstić information content (AvgIpc) is 3.17. The van der Waals surface area contributed by atoms with Crippen molar-refractivity contribution in [2.75, 3.05) is 20.1 Å². The Morgan fingerprint density at radius 1 is 1.21 bits per heavy atom. The predicted molar refractivity (Wildman–Crippen MR) is 87.1 cm³/mol. The number of hydrogen-bond donors (Lipinski definition) is 0. The van der Waals surface area contributed by atoms with Gasteiger partial charge in [0.15, 0.2) is 11.6 Å². The van der Waals surface area contributed by atoms with E-state index >= 15 is 0 Å². The van der Waals surface area contributed by atoms with Crippen molar-refractivity contribution in [3.05, 3.63) is 23.4 Å². The second-order valence-electron chi connectivity index (χ2n) is 6.53. The third kappa shape index (κ3) is 4.39. The Kier molecular flexibility index (Phi) is 5.57. The van der Waals surface area contributed by atoms with Crippen molar-refractivity contribution in [1.82, 2.24) is 30.1 Å². The van der Waals surface area contributed by atoms with Gasteiger partial charge in [-0.2, -0.15) is 9.97 Å². The molecule has 2 aromatic heterocycles. The van der Waals surface area contributed by atoms with E-state index in [1.165, 1.54) is 6.42 Å². The second kappa shape index (κ2) is 7.85. The summed E-state index contributed by atoms with van der Waals surface area (Å²) in [6, 6.07) is 0.466. The van der Waals surface area contributed by atoms with Gasteiger partial charge in [0.2, 0.25) is 11.8 Å². The normalized spacial score (nSPS) is 19.2. The molecular formula is C16H26N6O2. The van der Waals surface area contributed by atoms with Gasteiger partial charge in [0.1, 0.15) is 0 Å². The molecule has 24 heavy (non-hydrogen) atoms. The molecule has 3 heterocycles. The number of likely N-dealkylation sites (tertiary alicyclic amines) is 1. The van der Waals surface area contributed by atoms with Crippen molar-refractivity contribution < 1.29 is 9.05 Å². The summed E-state index contributed by atoms with van der Waals surface area (Å²) in [6.45, 7) is 7.42. The van der Waals surface area contributed by atoms with Crippen LogP contribution in [-0.4, -0.2) is 56.3 Å². The quantitative estimate of drug-likeness (QED) is 0.758. The van der Waals surface area contributed by atoms with E-state index in [4.69, 9.17) is 9.05 Å². The lowest BCUT2D eigenvalue weighted by Crippen LogP contribution is -2.45. The van der Waals surface area contributed by atoms with Crippen molar-refractivity contribution in [3.63, 3.8) is 0 Å². The largest absolute Gasteiger partial charge is 0.340 e. The topological polar surface area (TPSA) is 84.3 Å². The fourth-order valence-electron chi connectivity index (χ4n) is 3.16. The number of nitrogens with zero attached hydrogens (tertiary/aromatic N) is 6. The molecule has 1 aliphatic rings. The first-order valence-corrected chi connectivity index (χ1v) is 8.67. The van der Waals surface area contributed by atoms with Gasteiger partial charge in [0.25, 0.3) is 0 Å². The molecule has 132 valence electrons. The van der Waals surface area contributed by atoms with Crippen LogP contribution in [0.3, 0.4) is 0 Å². The molecule has 1 aliphatic heterocycles. The van der Waals surface area contributed by atoms with Gasteiger partial charge in [-0.05, 0) is 32.9 Å². The van der Waals surface area contributed by atoms with Crippen LogP contribution < -0.4 is 0 Å². The SMILES string of the molecule is CCCc1noc(CN(C)C2CCCN(Cc3noc(C)n3)C2)n1. The van der Waals surface area contributed by atoms with Crippen LogP contribution in [0.5, 0.6) is 0 Å². The van der Waals surface area contributed by atoms with E-state index in [0.29, 0.717) is 24.4 Å². The Bertz CT molecular complexity index is 640. The van der Waals surface area contributed by atoms with Crippen LogP contribution in [0.2, 0.25) is 0 Å². The highest BCUT2D eigenvalue weighted by Crippen LogP contribution is 2.18. The minimum atomic E-state index is 0.466. The number of rotatable bonds is 7. The third-order valence-electron chi connectivity index (χ3n) is 4.41. The summed E-state index contributed by atoms with van der Waals surface area (Å²) < 4.78 is 10.4. The number of likely N-dealkylation sites (N-methyl/N-ethyl adjacent to an activating group) is 1. The lowest BCUT2D eigenvalue weighted by Gasteiger charge is -2.36. The molecule has 3 rings (SSSR count). The minimum absolute atomic E-state index is 0.466. The number of aromatic nitrogens is 4. The molecule has 1 atom stereocenters. The first kappa shape index (κ1) is 17.0. The van der Waals surface area contributed by atoms with Crippen molar-refractivity contribution in [2.24, 2.45) is 0 Å². The highest BCUT2D eigenvalue weighted by molar-refractivity contribution is 4.90. The summed E-state index contributed by atoms with van der Waals surface area (Å²) >= 11 is 0. The van der Waals surface area contributed by atoms with Gasteiger partial charge in [-0.3, -0.25) is 9.80 Å². The number of hydrogen-bond acceptors (Lipinski definition) is 8. The lowest BCUT2D eigenvalue weighted by molar-refractivity contribution is 0.0972. The molecular weight excluding hydrogens is 308 g/mol. The highest BCUT2D eigenvalue weighted by Gasteiger charge is 2.25. The summed E-state index contributed by atoms with van der Waals surface area (Å²) in [5, 5.41) is 8.02. The molecule has 0 aliphatic carbocycles. The van der Waals surface area contributed by atoms with E-state index < -0.39 is 0 Å². The van der Waals surface area contributed by atoms with Crippen LogP contribution in [0, 0.1) is 6.92 Å². The van der Waals surface area contributed by atoms with Crippen molar-refractivity contribution >= 4 is 0 Å². The Hall–Kier alpha value is -1.80. The molecule has 8 heteroatoms. The van der Waals surface area contributed by atoms with Crippen molar-refractivity contribution in [1.29, 1.82) is 0 Å². The second-order valence-corrected chi connectivity index (χ2v) is 6.53. The Morgan fingerprint density at radius 2 is 2.04 bits per heavy atom. The van der Waals surface area contributed by atoms with Crippen LogP contribution in [0.25, 0.3) is 0 Å². The van der Waals surface area contributed by atoms with Crippen molar-refractivity contribution in [3.8, 4) is 0 Å². The maximum atomic E-state index is 5.36. The molecule has 1 unspecified atom stereocenters. The fourth-order valence-corrected chi connectivity index (χ4v) is 3.16.